The third-order valence-corrected chi connectivity index (χ3v) is 3.71. The average molecular weight is 309 g/mol. The smallest absolute Gasteiger partial charge is 0.259 e. The minimum atomic E-state index is -0.206. The number of hydrogen-bond acceptors (Lipinski definition) is 4. The largest absolute Gasteiger partial charge is 0.322 e. The van der Waals surface area contributed by atoms with E-state index in [0.717, 1.165) is 5.69 Å². The van der Waals surface area contributed by atoms with E-state index in [4.69, 9.17) is 0 Å². The fourth-order valence-electron chi connectivity index (χ4n) is 2.38. The summed E-state index contributed by atoms with van der Waals surface area (Å²) in [5.74, 6) is 1.38. The van der Waals surface area contributed by atoms with Crippen LogP contribution in [0.2, 0.25) is 0 Å². The van der Waals surface area contributed by atoms with Gasteiger partial charge in [-0.3, -0.25) is 4.79 Å². The summed E-state index contributed by atoms with van der Waals surface area (Å²) in [6, 6.07) is 7.87. The normalized spacial score (nSPS) is 11.2. The lowest BCUT2D eigenvalue weighted by Gasteiger charge is -2.09. The molecule has 1 N–H and O–H groups in total. The number of hydrogen-bond donors (Lipinski definition) is 1. The maximum atomic E-state index is 12.5. The van der Waals surface area contributed by atoms with E-state index in [1.165, 1.54) is 10.1 Å². The van der Waals surface area contributed by atoms with Crippen LogP contribution in [0.15, 0.2) is 30.5 Å². The Kier molecular flexibility index (Phi) is 3.82. The minimum absolute atomic E-state index is 0.206. The Morgan fingerprint density at radius 2 is 1.83 bits per heavy atom. The van der Waals surface area contributed by atoms with Gasteiger partial charge in [0.15, 0.2) is 0 Å². The Labute approximate surface area is 134 Å². The highest BCUT2D eigenvalue weighted by molar-refractivity contribution is 6.04. The minimum Gasteiger partial charge on any atom is -0.322 e. The zero-order chi connectivity index (χ0) is 16.6. The number of carbonyl (C=O) groups is 1. The molecule has 6 nitrogen and oxygen atoms in total. The first-order chi connectivity index (χ1) is 10.9. The van der Waals surface area contributed by atoms with Crippen LogP contribution in [0.25, 0.3) is 5.78 Å². The molecule has 6 heteroatoms. The van der Waals surface area contributed by atoms with E-state index < -0.39 is 0 Å². The fraction of sp³-hybridized carbons (Fsp3) is 0.294. The van der Waals surface area contributed by atoms with Crippen molar-refractivity contribution in [2.75, 3.05) is 5.32 Å². The molecule has 1 amide bonds. The molecule has 0 atom stereocenters. The van der Waals surface area contributed by atoms with Crippen LogP contribution in [0.3, 0.4) is 0 Å². The van der Waals surface area contributed by atoms with Crippen molar-refractivity contribution in [3.05, 3.63) is 53.1 Å². The number of fused-ring (bicyclic) bond motifs is 1. The molecule has 0 aliphatic rings. The van der Waals surface area contributed by atoms with Gasteiger partial charge in [0.1, 0.15) is 5.82 Å². The number of aromatic nitrogens is 4. The SMILES string of the molecule is Cc1nc2nc(C)c(C(=O)Nc3ccc(C(C)C)cc3)cn2n1. The Morgan fingerprint density at radius 3 is 2.48 bits per heavy atom. The molecular formula is C17H19N5O. The van der Waals surface area contributed by atoms with Gasteiger partial charge in [-0.25, -0.2) is 9.50 Å². The molecule has 1 aromatic carbocycles. The van der Waals surface area contributed by atoms with Crippen molar-refractivity contribution in [3.8, 4) is 0 Å². The van der Waals surface area contributed by atoms with Gasteiger partial charge < -0.3 is 5.32 Å². The molecule has 0 spiro atoms. The van der Waals surface area contributed by atoms with Crippen molar-refractivity contribution >= 4 is 17.4 Å². The third-order valence-electron chi connectivity index (χ3n) is 3.71. The topological polar surface area (TPSA) is 72.2 Å². The standard InChI is InChI=1S/C17H19N5O/c1-10(2)13-5-7-14(8-6-13)20-16(23)15-9-22-17(18-11(15)3)19-12(4)21-22/h5-10H,1-4H3,(H,20,23). The first-order valence-corrected chi connectivity index (χ1v) is 7.56. The Bertz CT molecular complexity index is 865. The van der Waals surface area contributed by atoms with E-state index in [9.17, 15) is 4.79 Å². The van der Waals surface area contributed by atoms with Crippen LogP contribution < -0.4 is 5.32 Å². The predicted molar refractivity (Wildman–Crippen MR) is 88.7 cm³/mol. The molecule has 0 saturated carbocycles. The molecule has 3 rings (SSSR count). The summed E-state index contributed by atoms with van der Waals surface area (Å²) in [6.07, 6.45) is 1.66. The molecule has 3 aromatic rings. The van der Waals surface area contributed by atoms with Crippen LogP contribution in [0.4, 0.5) is 5.69 Å². The van der Waals surface area contributed by atoms with E-state index in [-0.39, 0.29) is 5.91 Å². The molecule has 118 valence electrons. The number of carbonyl (C=O) groups excluding carboxylic acids is 1. The maximum Gasteiger partial charge on any atom is 0.259 e. The first-order valence-electron chi connectivity index (χ1n) is 7.56. The Morgan fingerprint density at radius 1 is 1.13 bits per heavy atom. The van der Waals surface area contributed by atoms with Gasteiger partial charge in [0.2, 0.25) is 0 Å². The molecule has 0 aliphatic heterocycles. The number of nitrogens with zero attached hydrogens (tertiary/aromatic N) is 4. The van der Waals surface area contributed by atoms with Gasteiger partial charge >= 0.3 is 0 Å². The maximum absolute atomic E-state index is 12.5. The van der Waals surface area contributed by atoms with Gasteiger partial charge in [-0.15, -0.1) is 0 Å². The molecular weight excluding hydrogens is 290 g/mol. The van der Waals surface area contributed by atoms with Crippen molar-refractivity contribution in [2.24, 2.45) is 0 Å². The summed E-state index contributed by atoms with van der Waals surface area (Å²) < 4.78 is 1.53. The van der Waals surface area contributed by atoms with Gasteiger partial charge in [-0.2, -0.15) is 10.1 Å². The van der Waals surface area contributed by atoms with Gasteiger partial charge in [0.05, 0.1) is 11.3 Å². The van der Waals surface area contributed by atoms with Crippen LogP contribution in [0.1, 0.15) is 47.2 Å². The van der Waals surface area contributed by atoms with Crippen LogP contribution in [0, 0.1) is 13.8 Å². The monoisotopic (exact) mass is 309 g/mol. The molecule has 0 unspecified atom stereocenters. The highest BCUT2D eigenvalue weighted by Gasteiger charge is 2.14. The Hall–Kier alpha value is -2.76. The number of rotatable bonds is 3. The lowest BCUT2D eigenvalue weighted by Crippen LogP contribution is -2.15. The summed E-state index contributed by atoms with van der Waals surface area (Å²) in [6.45, 7) is 7.86. The van der Waals surface area contributed by atoms with Crippen LogP contribution in [-0.4, -0.2) is 25.5 Å². The molecule has 0 saturated heterocycles. The number of benzene rings is 1. The van der Waals surface area contributed by atoms with Crippen molar-refractivity contribution in [1.29, 1.82) is 0 Å². The zero-order valence-corrected chi connectivity index (χ0v) is 13.7. The molecule has 0 fully saturated rings. The van der Waals surface area contributed by atoms with Crippen molar-refractivity contribution < 1.29 is 4.79 Å². The van der Waals surface area contributed by atoms with Gasteiger partial charge in [0.25, 0.3) is 11.7 Å². The summed E-state index contributed by atoms with van der Waals surface area (Å²) in [7, 11) is 0. The highest BCUT2D eigenvalue weighted by atomic mass is 16.1. The summed E-state index contributed by atoms with van der Waals surface area (Å²) in [5, 5.41) is 7.09. The van der Waals surface area contributed by atoms with Crippen LogP contribution in [0.5, 0.6) is 0 Å². The van der Waals surface area contributed by atoms with E-state index in [0.29, 0.717) is 28.8 Å². The number of nitrogens with one attached hydrogen (secondary N) is 1. The molecule has 0 bridgehead atoms. The van der Waals surface area contributed by atoms with E-state index >= 15 is 0 Å². The summed E-state index contributed by atoms with van der Waals surface area (Å²) in [4.78, 5) is 21.0. The second kappa shape index (κ2) is 5.79. The summed E-state index contributed by atoms with van der Waals surface area (Å²) in [5.41, 5.74) is 3.10. The van der Waals surface area contributed by atoms with Gasteiger partial charge in [0, 0.05) is 11.9 Å². The zero-order valence-electron chi connectivity index (χ0n) is 13.7. The van der Waals surface area contributed by atoms with E-state index in [1.807, 2.05) is 24.3 Å². The second-order valence-corrected chi connectivity index (χ2v) is 5.87. The average Bonchev–Trinajstić information content (AvgIpc) is 2.85. The predicted octanol–water partition coefficient (Wildman–Crippen LogP) is 3.12. The van der Waals surface area contributed by atoms with Crippen molar-refractivity contribution in [2.45, 2.75) is 33.6 Å². The van der Waals surface area contributed by atoms with Gasteiger partial charge in [-0.1, -0.05) is 26.0 Å². The van der Waals surface area contributed by atoms with Crippen molar-refractivity contribution in [3.63, 3.8) is 0 Å². The van der Waals surface area contributed by atoms with E-state index in [1.54, 1.807) is 20.0 Å². The molecule has 0 aliphatic carbocycles. The number of aryl methyl sites for hydroxylation is 2. The quantitative estimate of drug-likeness (QED) is 0.807. The second-order valence-electron chi connectivity index (χ2n) is 5.87. The Balaban J connectivity index is 1.86. The lowest BCUT2D eigenvalue weighted by molar-refractivity contribution is 0.102. The lowest BCUT2D eigenvalue weighted by atomic mass is 10.0. The number of anilines is 1. The van der Waals surface area contributed by atoms with E-state index in [2.05, 4.69) is 34.2 Å². The highest BCUT2D eigenvalue weighted by Crippen LogP contribution is 2.18. The molecule has 2 aromatic heterocycles. The van der Waals surface area contributed by atoms with Gasteiger partial charge in [-0.05, 0) is 37.5 Å². The molecule has 0 radical (unpaired) electrons. The molecule has 23 heavy (non-hydrogen) atoms. The third kappa shape index (κ3) is 3.06. The van der Waals surface area contributed by atoms with Crippen LogP contribution >= 0.6 is 0 Å². The fourth-order valence-corrected chi connectivity index (χ4v) is 2.38. The van der Waals surface area contributed by atoms with Crippen molar-refractivity contribution in [1.82, 2.24) is 19.6 Å². The summed E-state index contributed by atoms with van der Waals surface area (Å²) >= 11 is 0. The number of amides is 1. The molecule has 2 heterocycles. The first kappa shape index (κ1) is 15.1. The van der Waals surface area contributed by atoms with Crippen LogP contribution in [-0.2, 0) is 0 Å².